The highest BCUT2D eigenvalue weighted by atomic mass is 16.2. The Hall–Kier alpha value is -3.61. The molecule has 0 radical (unpaired) electrons. The lowest BCUT2D eigenvalue weighted by Crippen LogP contribution is -2.44. The second-order valence-corrected chi connectivity index (χ2v) is 8.37. The number of unbranched alkanes of at least 4 members (excludes halogenated alkanes) is 1. The number of carbonyl (C=O) groups excluding carboxylic acids is 2. The first-order chi connectivity index (χ1) is 15.8. The second-order valence-electron chi connectivity index (χ2n) is 8.37. The van der Waals surface area contributed by atoms with Gasteiger partial charge in [0.25, 0.3) is 0 Å². The number of nitrogens with one attached hydrogen (secondary N) is 1. The van der Waals surface area contributed by atoms with Crippen LogP contribution in [0.15, 0.2) is 54.6 Å². The van der Waals surface area contributed by atoms with Gasteiger partial charge in [-0.1, -0.05) is 61.9 Å². The Bertz CT molecular complexity index is 1110. The fourth-order valence-corrected chi connectivity index (χ4v) is 3.79. The van der Waals surface area contributed by atoms with E-state index < -0.39 is 0 Å². The Morgan fingerprint density at radius 3 is 2.30 bits per heavy atom. The van der Waals surface area contributed by atoms with Crippen molar-refractivity contribution in [2.24, 2.45) is 0 Å². The molecule has 3 amide bonds. The molecular formula is C26H33N5O2. The number of aryl methyl sites for hydroxylation is 2. The van der Waals surface area contributed by atoms with E-state index in [0.717, 1.165) is 40.9 Å². The number of carbonyl (C=O) groups is 2. The normalized spacial score (nSPS) is 10.7. The van der Waals surface area contributed by atoms with Crippen LogP contribution in [0.25, 0.3) is 16.8 Å². The molecule has 0 saturated heterocycles. The van der Waals surface area contributed by atoms with Crippen LogP contribution < -0.4 is 5.32 Å². The monoisotopic (exact) mass is 447 g/mol. The van der Waals surface area contributed by atoms with Crippen molar-refractivity contribution in [2.75, 3.05) is 32.5 Å². The molecule has 7 nitrogen and oxygen atoms in total. The highest BCUT2D eigenvalue weighted by molar-refractivity contribution is 5.97. The standard InChI is InChI=1S/C26H33N5O2/c1-6-7-17-30(26(33)29(4)5)18-23(32)27-25-24(21-14-9-8-10-15-21)20(3)28-31(25)22-16-12-11-13-19(22)2/h8-16H,6-7,17-18H2,1-5H3,(H,27,32). The van der Waals surface area contributed by atoms with Gasteiger partial charge >= 0.3 is 6.03 Å². The number of amides is 3. The zero-order chi connectivity index (χ0) is 24.0. The summed E-state index contributed by atoms with van der Waals surface area (Å²) in [5.74, 6) is 0.346. The molecule has 0 aliphatic carbocycles. The van der Waals surface area contributed by atoms with Gasteiger partial charge in [0.15, 0.2) is 0 Å². The number of anilines is 1. The molecular weight excluding hydrogens is 414 g/mol. The maximum atomic E-state index is 13.2. The second kappa shape index (κ2) is 10.8. The van der Waals surface area contributed by atoms with Crippen molar-refractivity contribution in [1.29, 1.82) is 0 Å². The summed E-state index contributed by atoms with van der Waals surface area (Å²) in [5.41, 5.74) is 4.59. The molecule has 1 heterocycles. The van der Waals surface area contributed by atoms with Gasteiger partial charge in [-0.05, 0) is 37.5 Å². The van der Waals surface area contributed by atoms with Gasteiger partial charge in [0, 0.05) is 26.2 Å². The van der Waals surface area contributed by atoms with Crippen LogP contribution in [0.1, 0.15) is 31.0 Å². The summed E-state index contributed by atoms with van der Waals surface area (Å²) in [7, 11) is 3.40. The molecule has 174 valence electrons. The first kappa shape index (κ1) is 24.0. The number of benzene rings is 2. The van der Waals surface area contributed by atoms with Crippen LogP contribution in [0.3, 0.4) is 0 Å². The van der Waals surface area contributed by atoms with E-state index in [1.165, 1.54) is 4.90 Å². The minimum Gasteiger partial charge on any atom is -0.331 e. The van der Waals surface area contributed by atoms with E-state index in [9.17, 15) is 9.59 Å². The van der Waals surface area contributed by atoms with Crippen LogP contribution in [0.2, 0.25) is 0 Å². The van der Waals surface area contributed by atoms with Gasteiger partial charge in [-0.15, -0.1) is 0 Å². The quantitative estimate of drug-likeness (QED) is 0.535. The Morgan fingerprint density at radius 2 is 1.67 bits per heavy atom. The fraction of sp³-hybridized carbons (Fsp3) is 0.346. The number of para-hydroxylation sites is 1. The molecule has 7 heteroatoms. The van der Waals surface area contributed by atoms with Crippen LogP contribution in [0, 0.1) is 13.8 Å². The minimum absolute atomic E-state index is 0.0246. The van der Waals surface area contributed by atoms with Gasteiger partial charge in [-0.2, -0.15) is 5.10 Å². The number of rotatable bonds is 8. The van der Waals surface area contributed by atoms with Crippen molar-refractivity contribution in [1.82, 2.24) is 19.6 Å². The summed E-state index contributed by atoms with van der Waals surface area (Å²) in [6.45, 7) is 6.53. The molecule has 33 heavy (non-hydrogen) atoms. The van der Waals surface area contributed by atoms with E-state index in [2.05, 4.69) is 12.2 Å². The average molecular weight is 448 g/mol. The first-order valence-corrected chi connectivity index (χ1v) is 11.3. The average Bonchev–Trinajstić information content (AvgIpc) is 3.12. The maximum absolute atomic E-state index is 13.2. The highest BCUT2D eigenvalue weighted by Crippen LogP contribution is 2.34. The summed E-state index contributed by atoms with van der Waals surface area (Å²) < 4.78 is 1.79. The molecule has 0 bridgehead atoms. The third-order valence-corrected chi connectivity index (χ3v) is 5.49. The van der Waals surface area contributed by atoms with Crippen molar-refractivity contribution in [3.05, 3.63) is 65.9 Å². The van der Waals surface area contributed by atoms with Crippen LogP contribution in [-0.2, 0) is 4.79 Å². The summed E-state index contributed by atoms with van der Waals surface area (Å²) >= 11 is 0. The lowest BCUT2D eigenvalue weighted by molar-refractivity contribution is -0.116. The highest BCUT2D eigenvalue weighted by Gasteiger charge is 2.23. The first-order valence-electron chi connectivity index (χ1n) is 11.3. The van der Waals surface area contributed by atoms with E-state index in [0.29, 0.717) is 12.4 Å². The van der Waals surface area contributed by atoms with Crippen LogP contribution in [-0.4, -0.2) is 58.7 Å². The van der Waals surface area contributed by atoms with Crippen molar-refractivity contribution < 1.29 is 9.59 Å². The molecule has 0 saturated carbocycles. The predicted octanol–water partition coefficient (Wildman–Crippen LogP) is 4.88. The van der Waals surface area contributed by atoms with Crippen molar-refractivity contribution in [3.8, 4) is 16.8 Å². The number of aromatic nitrogens is 2. The summed E-state index contributed by atoms with van der Waals surface area (Å²) in [6.07, 6.45) is 1.78. The van der Waals surface area contributed by atoms with E-state index in [1.807, 2.05) is 68.4 Å². The Kier molecular flexibility index (Phi) is 7.87. The van der Waals surface area contributed by atoms with Crippen LogP contribution in [0.4, 0.5) is 10.6 Å². The van der Waals surface area contributed by atoms with Crippen molar-refractivity contribution >= 4 is 17.8 Å². The van der Waals surface area contributed by atoms with Gasteiger partial charge in [-0.25, -0.2) is 9.48 Å². The van der Waals surface area contributed by atoms with Crippen LogP contribution in [0.5, 0.6) is 0 Å². The molecule has 3 aromatic rings. The van der Waals surface area contributed by atoms with E-state index in [4.69, 9.17) is 5.10 Å². The molecule has 1 N–H and O–H groups in total. The van der Waals surface area contributed by atoms with Crippen LogP contribution >= 0.6 is 0 Å². The number of nitrogens with zero attached hydrogens (tertiary/aromatic N) is 4. The molecule has 3 rings (SSSR count). The third kappa shape index (κ3) is 5.61. The fourth-order valence-electron chi connectivity index (χ4n) is 3.79. The van der Waals surface area contributed by atoms with Crippen molar-refractivity contribution in [3.63, 3.8) is 0 Å². The molecule has 0 aliphatic heterocycles. The number of urea groups is 1. The predicted molar refractivity (Wildman–Crippen MR) is 133 cm³/mol. The summed E-state index contributed by atoms with van der Waals surface area (Å²) in [4.78, 5) is 28.9. The molecule has 0 spiro atoms. The Morgan fingerprint density at radius 1 is 1.00 bits per heavy atom. The molecule has 0 unspecified atom stereocenters. The van der Waals surface area contributed by atoms with Gasteiger partial charge < -0.3 is 15.1 Å². The van der Waals surface area contributed by atoms with E-state index in [-0.39, 0.29) is 18.5 Å². The molecule has 0 aliphatic rings. The molecule has 0 atom stereocenters. The smallest absolute Gasteiger partial charge is 0.319 e. The lowest BCUT2D eigenvalue weighted by Gasteiger charge is -2.25. The SMILES string of the molecule is CCCCN(CC(=O)Nc1c(-c2ccccc2)c(C)nn1-c1ccccc1C)C(=O)N(C)C. The Balaban J connectivity index is 2.00. The van der Waals surface area contributed by atoms with Gasteiger partial charge in [0.2, 0.25) is 5.91 Å². The topological polar surface area (TPSA) is 70.5 Å². The molecule has 1 aromatic heterocycles. The largest absolute Gasteiger partial charge is 0.331 e. The zero-order valence-electron chi connectivity index (χ0n) is 20.1. The number of hydrogen-bond donors (Lipinski definition) is 1. The summed E-state index contributed by atoms with van der Waals surface area (Å²) in [5, 5.41) is 7.85. The molecule has 0 fully saturated rings. The minimum atomic E-state index is -0.256. The molecule has 2 aromatic carbocycles. The van der Waals surface area contributed by atoms with E-state index >= 15 is 0 Å². The zero-order valence-corrected chi connectivity index (χ0v) is 20.1. The number of hydrogen-bond acceptors (Lipinski definition) is 3. The van der Waals surface area contributed by atoms with E-state index in [1.54, 1.807) is 23.7 Å². The maximum Gasteiger partial charge on any atom is 0.319 e. The van der Waals surface area contributed by atoms with Gasteiger partial charge in [-0.3, -0.25) is 4.79 Å². The van der Waals surface area contributed by atoms with Crippen molar-refractivity contribution in [2.45, 2.75) is 33.6 Å². The van der Waals surface area contributed by atoms with Gasteiger partial charge in [0.05, 0.1) is 11.4 Å². The third-order valence-electron chi connectivity index (χ3n) is 5.49. The Labute approximate surface area is 196 Å². The van der Waals surface area contributed by atoms with Gasteiger partial charge in [0.1, 0.15) is 12.4 Å². The lowest BCUT2D eigenvalue weighted by atomic mass is 10.1. The summed E-state index contributed by atoms with van der Waals surface area (Å²) in [6, 6.07) is 17.7.